The number of nitrogens with zero attached hydrogens (tertiary/aromatic N) is 4. The molecule has 2 aliphatic heterocycles. The number of ether oxygens (including phenoxy) is 1. The summed E-state index contributed by atoms with van der Waals surface area (Å²) >= 11 is 0. The molecule has 1 saturated heterocycles. The lowest BCUT2D eigenvalue weighted by molar-refractivity contribution is 0.0181. The highest BCUT2D eigenvalue weighted by Crippen LogP contribution is 2.38. The van der Waals surface area contributed by atoms with Crippen LogP contribution in [-0.2, 0) is 4.74 Å². The Hall–Kier alpha value is -3.13. The Labute approximate surface area is 213 Å². The maximum absolute atomic E-state index is 14.6. The van der Waals surface area contributed by atoms with Gasteiger partial charge in [0.25, 0.3) is 0 Å². The zero-order valence-corrected chi connectivity index (χ0v) is 22.1. The monoisotopic (exact) mass is 496 g/mol. The lowest BCUT2D eigenvalue weighted by Gasteiger charge is -2.42. The summed E-state index contributed by atoms with van der Waals surface area (Å²) < 4.78 is 20.1. The fourth-order valence-corrected chi connectivity index (χ4v) is 4.54. The number of aliphatic hydroxyl groups excluding tert-OH is 1. The van der Waals surface area contributed by atoms with Gasteiger partial charge in [-0.25, -0.2) is 14.2 Å². The number of aromatic nitrogens is 1. The summed E-state index contributed by atoms with van der Waals surface area (Å²) in [6.45, 7) is 14.7. The Morgan fingerprint density at radius 2 is 1.69 bits per heavy atom. The van der Waals surface area contributed by atoms with Crippen LogP contribution in [0.1, 0.15) is 47.1 Å². The molecule has 0 bridgehead atoms. The zero-order valence-electron chi connectivity index (χ0n) is 22.1. The standard InChI is InChI=1S/C28H37FN4O3/c1-27(2,3)18-33-24(34)17-23(31-13-15-32(16-14-31)26(35)36-28(4,5)6)20-11-12-22(30-25(20)33)19-9-7-8-10-21(19)29/h7-12,17,24,34H,13-16,18H2,1-6H3. The lowest BCUT2D eigenvalue weighted by Crippen LogP contribution is -2.50. The topological polar surface area (TPSA) is 69.1 Å². The van der Waals surface area contributed by atoms with Gasteiger partial charge in [0.1, 0.15) is 23.5 Å². The average molecular weight is 497 g/mol. The van der Waals surface area contributed by atoms with Gasteiger partial charge in [-0.05, 0) is 56.5 Å². The first-order chi connectivity index (χ1) is 16.8. The highest BCUT2D eigenvalue weighted by Gasteiger charge is 2.34. The molecule has 1 aromatic carbocycles. The molecule has 1 aromatic heterocycles. The predicted molar refractivity (Wildman–Crippen MR) is 140 cm³/mol. The van der Waals surface area contributed by atoms with Crippen LogP contribution in [0, 0.1) is 11.2 Å². The van der Waals surface area contributed by atoms with Crippen LogP contribution in [0.15, 0.2) is 42.5 Å². The third-order valence-electron chi connectivity index (χ3n) is 6.12. The quantitative estimate of drug-likeness (QED) is 0.647. The molecule has 4 rings (SSSR count). The summed E-state index contributed by atoms with van der Waals surface area (Å²) in [5.74, 6) is 0.294. The molecule has 1 amide bonds. The number of fused-ring (bicyclic) bond motifs is 1. The Bertz CT molecular complexity index is 1140. The van der Waals surface area contributed by atoms with Crippen molar-refractivity contribution in [2.45, 2.75) is 53.4 Å². The van der Waals surface area contributed by atoms with E-state index in [1.807, 2.05) is 43.9 Å². The molecule has 2 aliphatic rings. The molecule has 36 heavy (non-hydrogen) atoms. The van der Waals surface area contributed by atoms with Gasteiger partial charge in [0.2, 0.25) is 0 Å². The molecular formula is C28H37FN4O3. The number of rotatable bonds is 3. The van der Waals surface area contributed by atoms with Crippen LogP contribution in [0.4, 0.5) is 15.0 Å². The Kier molecular flexibility index (Phi) is 7.01. The van der Waals surface area contributed by atoms with E-state index in [2.05, 4.69) is 25.7 Å². The van der Waals surface area contributed by atoms with Crippen molar-refractivity contribution < 1.29 is 19.0 Å². The van der Waals surface area contributed by atoms with Gasteiger partial charge < -0.3 is 24.5 Å². The van der Waals surface area contributed by atoms with Gasteiger partial charge in [0.15, 0.2) is 0 Å². The molecule has 1 fully saturated rings. The highest BCUT2D eigenvalue weighted by atomic mass is 19.1. The minimum atomic E-state index is -0.876. The molecular weight excluding hydrogens is 459 g/mol. The van der Waals surface area contributed by atoms with Crippen LogP contribution in [0.25, 0.3) is 17.0 Å². The summed E-state index contributed by atoms with van der Waals surface area (Å²) in [6.07, 6.45) is 0.661. The smallest absolute Gasteiger partial charge is 0.410 e. The van der Waals surface area contributed by atoms with E-state index in [1.165, 1.54) is 6.07 Å². The molecule has 0 radical (unpaired) electrons. The van der Waals surface area contributed by atoms with Crippen LogP contribution in [0.3, 0.4) is 0 Å². The van der Waals surface area contributed by atoms with E-state index in [4.69, 9.17) is 9.72 Å². The van der Waals surface area contributed by atoms with Gasteiger partial charge in [-0.2, -0.15) is 0 Å². The first-order valence-electron chi connectivity index (χ1n) is 12.5. The molecule has 2 aromatic rings. The van der Waals surface area contributed by atoms with E-state index in [-0.39, 0.29) is 17.3 Å². The highest BCUT2D eigenvalue weighted by molar-refractivity contribution is 5.80. The Morgan fingerprint density at radius 1 is 1.03 bits per heavy atom. The molecule has 0 aliphatic carbocycles. The molecule has 0 saturated carbocycles. The van der Waals surface area contributed by atoms with E-state index in [9.17, 15) is 14.3 Å². The summed E-state index contributed by atoms with van der Waals surface area (Å²) in [7, 11) is 0. The molecule has 194 valence electrons. The van der Waals surface area contributed by atoms with Crippen LogP contribution < -0.4 is 4.90 Å². The fraction of sp³-hybridized carbons (Fsp3) is 0.500. The number of halogens is 1. The van der Waals surface area contributed by atoms with Gasteiger partial charge in [-0.3, -0.25) is 0 Å². The zero-order chi connectivity index (χ0) is 26.3. The first kappa shape index (κ1) is 25.9. The summed E-state index contributed by atoms with van der Waals surface area (Å²) in [5.41, 5.74) is 2.07. The summed E-state index contributed by atoms with van der Waals surface area (Å²) in [5, 5.41) is 11.2. The van der Waals surface area contributed by atoms with Gasteiger partial charge >= 0.3 is 6.09 Å². The van der Waals surface area contributed by atoms with Crippen LogP contribution in [0.5, 0.6) is 0 Å². The van der Waals surface area contributed by atoms with Crippen LogP contribution >= 0.6 is 0 Å². The number of amides is 1. The van der Waals surface area contributed by atoms with E-state index in [0.717, 1.165) is 11.3 Å². The van der Waals surface area contributed by atoms with E-state index in [1.54, 1.807) is 23.1 Å². The molecule has 7 nitrogen and oxygen atoms in total. The first-order valence-corrected chi connectivity index (χ1v) is 12.5. The number of hydrogen-bond donors (Lipinski definition) is 1. The minimum absolute atomic E-state index is 0.0989. The van der Waals surface area contributed by atoms with Gasteiger partial charge in [-0.15, -0.1) is 0 Å². The predicted octanol–water partition coefficient (Wildman–Crippen LogP) is 4.97. The lowest BCUT2D eigenvalue weighted by atomic mass is 9.94. The van der Waals surface area contributed by atoms with Crippen molar-refractivity contribution in [3.05, 3.63) is 53.9 Å². The van der Waals surface area contributed by atoms with Crippen molar-refractivity contribution in [2.75, 3.05) is 37.6 Å². The molecule has 1 N–H and O–H groups in total. The SMILES string of the molecule is CC(C)(C)CN1c2nc(-c3ccccc3F)ccc2C(N2CCN(C(=O)OC(C)(C)C)CC2)=CC1O. The van der Waals surface area contributed by atoms with Crippen LogP contribution in [-0.4, -0.2) is 70.5 Å². The largest absolute Gasteiger partial charge is 0.444 e. The number of pyridine rings is 1. The van der Waals surface area contributed by atoms with E-state index >= 15 is 0 Å². The van der Waals surface area contributed by atoms with Crippen molar-refractivity contribution in [3.63, 3.8) is 0 Å². The van der Waals surface area contributed by atoms with Crippen molar-refractivity contribution in [1.29, 1.82) is 0 Å². The van der Waals surface area contributed by atoms with Gasteiger partial charge in [-0.1, -0.05) is 32.9 Å². The second-order valence-electron chi connectivity index (χ2n) is 11.7. The Balaban J connectivity index is 1.64. The number of piperazine rings is 1. The molecule has 1 unspecified atom stereocenters. The van der Waals surface area contributed by atoms with Gasteiger partial charge in [0, 0.05) is 49.5 Å². The summed E-state index contributed by atoms with van der Waals surface area (Å²) in [6, 6.07) is 10.4. The number of aliphatic hydroxyl groups is 1. The third-order valence-corrected chi connectivity index (χ3v) is 6.12. The van der Waals surface area contributed by atoms with Crippen LogP contribution in [0.2, 0.25) is 0 Å². The van der Waals surface area contributed by atoms with Gasteiger partial charge in [0.05, 0.1) is 5.69 Å². The second-order valence-corrected chi connectivity index (χ2v) is 11.7. The number of benzene rings is 1. The fourth-order valence-electron chi connectivity index (χ4n) is 4.54. The van der Waals surface area contributed by atoms with E-state index < -0.39 is 11.8 Å². The molecule has 0 spiro atoms. The second kappa shape index (κ2) is 9.73. The summed E-state index contributed by atoms with van der Waals surface area (Å²) in [4.78, 5) is 23.1. The van der Waals surface area contributed by atoms with Crippen molar-refractivity contribution >= 4 is 17.6 Å². The van der Waals surface area contributed by atoms with E-state index in [0.29, 0.717) is 49.8 Å². The normalized spacial score (nSPS) is 18.6. The number of anilines is 1. The molecule has 8 heteroatoms. The minimum Gasteiger partial charge on any atom is -0.444 e. The third kappa shape index (κ3) is 5.81. The number of carbonyl (C=O) groups is 1. The van der Waals surface area contributed by atoms with Crippen molar-refractivity contribution in [2.24, 2.45) is 5.41 Å². The maximum Gasteiger partial charge on any atom is 0.410 e. The Morgan fingerprint density at radius 3 is 2.31 bits per heavy atom. The number of hydrogen-bond acceptors (Lipinski definition) is 6. The molecule has 3 heterocycles. The molecule has 1 atom stereocenters. The maximum atomic E-state index is 14.6. The van der Waals surface area contributed by atoms with Crippen molar-refractivity contribution in [1.82, 2.24) is 14.8 Å². The van der Waals surface area contributed by atoms with Crippen molar-refractivity contribution in [3.8, 4) is 11.3 Å². The average Bonchev–Trinajstić information content (AvgIpc) is 2.79. The number of carbonyl (C=O) groups excluding carboxylic acids is 1.